The van der Waals surface area contributed by atoms with Gasteiger partial charge in [-0.05, 0) is 24.2 Å². The molecule has 0 aromatic carbocycles. The fourth-order valence-corrected chi connectivity index (χ4v) is 1.82. The van der Waals surface area contributed by atoms with Crippen LogP contribution >= 0.6 is 0 Å². The Kier molecular flexibility index (Phi) is 2.15. The van der Waals surface area contributed by atoms with Gasteiger partial charge in [0.1, 0.15) is 0 Å². The minimum absolute atomic E-state index is 0.980. The van der Waals surface area contributed by atoms with Gasteiger partial charge in [-0.2, -0.15) is 0 Å². The first-order chi connectivity index (χ1) is 4.20. The smallest absolute Gasteiger partial charge is 0.0414 e. The third-order valence-electron chi connectivity index (χ3n) is 2.86. The molecule has 1 aliphatic carbocycles. The zero-order valence-corrected chi connectivity index (χ0v) is 6.85. The van der Waals surface area contributed by atoms with Gasteiger partial charge in [-0.15, -0.1) is 0 Å². The lowest BCUT2D eigenvalue weighted by atomic mass is 9.77. The summed E-state index contributed by atoms with van der Waals surface area (Å²) in [4.78, 5) is 0. The van der Waals surface area contributed by atoms with Gasteiger partial charge in [0.25, 0.3) is 0 Å². The van der Waals surface area contributed by atoms with E-state index in [1.165, 1.54) is 19.3 Å². The van der Waals surface area contributed by atoms with Crippen molar-refractivity contribution in [2.45, 2.75) is 40.0 Å². The quantitative estimate of drug-likeness (QED) is 0.468. The molecule has 0 radical (unpaired) electrons. The van der Waals surface area contributed by atoms with E-state index in [1.54, 1.807) is 0 Å². The molecule has 0 spiro atoms. The van der Waals surface area contributed by atoms with Gasteiger partial charge in [0.2, 0.25) is 0 Å². The summed E-state index contributed by atoms with van der Waals surface area (Å²) in [5.41, 5.74) is 0. The van der Waals surface area contributed by atoms with Gasteiger partial charge < -0.3 is 0 Å². The van der Waals surface area contributed by atoms with E-state index < -0.39 is 0 Å². The molecule has 0 saturated heterocycles. The fraction of sp³-hybridized carbons (Fsp3) is 1.00. The third-order valence-corrected chi connectivity index (χ3v) is 2.86. The maximum absolute atomic E-state index is 2.39. The minimum atomic E-state index is 0.980. The van der Waals surface area contributed by atoms with Crippen molar-refractivity contribution < 1.29 is 0 Å². The summed E-state index contributed by atoms with van der Waals surface area (Å²) in [6.07, 6.45) is 4.38. The van der Waals surface area contributed by atoms with E-state index in [4.69, 9.17) is 0 Å². The van der Waals surface area contributed by atoms with Crippen molar-refractivity contribution in [1.29, 1.82) is 0 Å². The molecule has 0 amide bonds. The van der Waals surface area contributed by atoms with Crippen LogP contribution in [0.5, 0.6) is 0 Å². The topological polar surface area (TPSA) is 0 Å². The van der Waals surface area contributed by atoms with Crippen molar-refractivity contribution in [1.82, 2.24) is 0 Å². The van der Waals surface area contributed by atoms with Gasteiger partial charge >= 0.3 is 0 Å². The van der Waals surface area contributed by atoms with E-state index in [2.05, 4.69) is 20.8 Å². The Morgan fingerprint density at radius 1 is 0.889 bits per heavy atom. The molecular weight excluding hydrogens is 108 g/mol. The predicted molar refractivity (Wildman–Crippen MR) is 41.3 cm³/mol. The van der Waals surface area contributed by atoms with Crippen LogP contribution in [-0.2, 0) is 0 Å². The first-order valence-electron chi connectivity index (χ1n) is 4.20. The van der Waals surface area contributed by atoms with E-state index in [9.17, 15) is 0 Å². The molecule has 1 rings (SSSR count). The average Bonchev–Trinajstić information content (AvgIpc) is 1.80. The Bertz CT molecular complexity index is 86.0. The standard InChI is InChI=1S/C9H18/c1-7-4-5-8(2)9(3)6-7/h7-9H,4-6H2,1-3H3/t7-,8?,9-/m1/s1. The summed E-state index contributed by atoms with van der Waals surface area (Å²) >= 11 is 0. The summed E-state index contributed by atoms with van der Waals surface area (Å²) in [6, 6.07) is 0. The van der Waals surface area contributed by atoms with Crippen LogP contribution in [-0.4, -0.2) is 0 Å². The highest BCUT2D eigenvalue weighted by molar-refractivity contribution is 4.72. The highest BCUT2D eigenvalue weighted by Gasteiger charge is 2.20. The van der Waals surface area contributed by atoms with E-state index in [1.807, 2.05) is 0 Å². The highest BCUT2D eigenvalue weighted by atomic mass is 14.3. The summed E-state index contributed by atoms with van der Waals surface area (Å²) in [6.45, 7) is 7.15. The molecule has 1 fully saturated rings. The Hall–Kier alpha value is 0. The molecule has 1 aliphatic rings. The number of hydrogen-bond acceptors (Lipinski definition) is 0. The molecule has 0 nitrogen and oxygen atoms in total. The number of hydrogen-bond donors (Lipinski definition) is 0. The molecule has 0 aliphatic heterocycles. The third kappa shape index (κ3) is 1.70. The van der Waals surface area contributed by atoms with Crippen LogP contribution in [0.3, 0.4) is 0 Å². The molecule has 0 N–H and O–H groups in total. The van der Waals surface area contributed by atoms with Crippen LogP contribution < -0.4 is 0 Å². The van der Waals surface area contributed by atoms with Crippen LogP contribution in [0.2, 0.25) is 0 Å². The zero-order chi connectivity index (χ0) is 6.85. The van der Waals surface area contributed by atoms with Crippen molar-refractivity contribution in [2.24, 2.45) is 17.8 Å². The molecule has 1 unspecified atom stereocenters. The van der Waals surface area contributed by atoms with Gasteiger partial charge in [0.05, 0.1) is 0 Å². The molecule has 9 heavy (non-hydrogen) atoms. The van der Waals surface area contributed by atoms with Gasteiger partial charge in [0, 0.05) is 0 Å². The lowest BCUT2D eigenvalue weighted by Crippen LogP contribution is -2.18. The van der Waals surface area contributed by atoms with E-state index in [0.29, 0.717) is 0 Å². The van der Waals surface area contributed by atoms with Gasteiger partial charge in [-0.3, -0.25) is 0 Å². The highest BCUT2D eigenvalue weighted by Crippen LogP contribution is 2.32. The van der Waals surface area contributed by atoms with E-state index in [-0.39, 0.29) is 0 Å². The Morgan fingerprint density at radius 2 is 1.56 bits per heavy atom. The lowest BCUT2D eigenvalue weighted by molar-refractivity contribution is 0.220. The molecular formula is C9H18. The summed E-state index contributed by atoms with van der Waals surface area (Å²) < 4.78 is 0. The Labute approximate surface area is 58.7 Å². The largest absolute Gasteiger partial charge is 0.0625 e. The van der Waals surface area contributed by atoms with Crippen molar-refractivity contribution in [3.8, 4) is 0 Å². The lowest BCUT2D eigenvalue weighted by Gasteiger charge is -2.29. The van der Waals surface area contributed by atoms with Crippen molar-refractivity contribution in [3.63, 3.8) is 0 Å². The van der Waals surface area contributed by atoms with Crippen LogP contribution in [0.25, 0.3) is 0 Å². The minimum Gasteiger partial charge on any atom is -0.0625 e. The second-order valence-corrected chi connectivity index (χ2v) is 3.87. The molecule has 0 aromatic heterocycles. The SMILES string of the molecule is CC1CC[C@@H](C)C[C@H]1C. The van der Waals surface area contributed by atoms with Crippen molar-refractivity contribution in [3.05, 3.63) is 0 Å². The van der Waals surface area contributed by atoms with Crippen LogP contribution in [0.4, 0.5) is 0 Å². The molecule has 0 bridgehead atoms. The monoisotopic (exact) mass is 126 g/mol. The van der Waals surface area contributed by atoms with Crippen molar-refractivity contribution >= 4 is 0 Å². The first kappa shape index (κ1) is 7.11. The molecule has 0 aromatic rings. The molecule has 0 heterocycles. The summed E-state index contributed by atoms with van der Waals surface area (Å²) in [5.74, 6) is 2.96. The van der Waals surface area contributed by atoms with Crippen LogP contribution in [0.15, 0.2) is 0 Å². The Balaban J connectivity index is 2.35. The summed E-state index contributed by atoms with van der Waals surface area (Å²) in [5, 5.41) is 0. The maximum Gasteiger partial charge on any atom is -0.0414 e. The molecule has 54 valence electrons. The van der Waals surface area contributed by atoms with E-state index >= 15 is 0 Å². The second-order valence-electron chi connectivity index (χ2n) is 3.87. The van der Waals surface area contributed by atoms with E-state index in [0.717, 1.165) is 17.8 Å². The molecule has 1 saturated carbocycles. The van der Waals surface area contributed by atoms with Crippen LogP contribution in [0, 0.1) is 17.8 Å². The van der Waals surface area contributed by atoms with Gasteiger partial charge in [0.15, 0.2) is 0 Å². The van der Waals surface area contributed by atoms with Gasteiger partial charge in [-0.25, -0.2) is 0 Å². The molecule has 0 heteroatoms. The van der Waals surface area contributed by atoms with Crippen LogP contribution in [0.1, 0.15) is 40.0 Å². The molecule has 3 atom stereocenters. The van der Waals surface area contributed by atoms with Crippen molar-refractivity contribution in [2.75, 3.05) is 0 Å². The first-order valence-corrected chi connectivity index (χ1v) is 4.20. The fourth-order valence-electron chi connectivity index (χ4n) is 1.82. The number of rotatable bonds is 0. The zero-order valence-electron chi connectivity index (χ0n) is 6.85. The average molecular weight is 126 g/mol. The van der Waals surface area contributed by atoms with Gasteiger partial charge in [-0.1, -0.05) is 33.6 Å². The summed E-state index contributed by atoms with van der Waals surface area (Å²) in [7, 11) is 0. The Morgan fingerprint density at radius 3 is 2.00 bits per heavy atom. The predicted octanol–water partition coefficient (Wildman–Crippen LogP) is 3.08. The normalized spacial score (nSPS) is 45.0. The second kappa shape index (κ2) is 2.72. The maximum atomic E-state index is 2.39.